The van der Waals surface area contributed by atoms with Gasteiger partial charge in [-0.3, -0.25) is 9.35 Å². The number of carbonyl (C=O) groups is 1. The molecule has 13 heteroatoms. The largest absolute Gasteiger partial charge is 0.457 e. The van der Waals surface area contributed by atoms with Gasteiger partial charge in [0, 0.05) is 13.0 Å². The molecule has 0 spiro atoms. The zero-order chi connectivity index (χ0) is 50.3. The molecule has 6 atom stereocenters. The Morgan fingerprint density at radius 2 is 1.00 bits per heavy atom. The van der Waals surface area contributed by atoms with Crippen molar-refractivity contribution in [2.75, 3.05) is 26.4 Å². The van der Waals surface area contributed by atoms with Crippen molar-refractivity contribution in [1.82, 2.24) is 0 Å². The van der Waals surface area contributed by atoms with Crippen molar-refractivity contribution < 1.29 is 56.2 Å². The van der Waals surface area contributed by atoms with Gasteiger partial charge in [0.25, 0.3) is 0 Å². The third kappa shape index (κ3) is 39.6. The Hall–Kier alpha value is -2.72. The van der Waals surface area contributed by atoms with Crippen LogP contribution in [0.3, 0.4) is 0 Å². The van der Waals surface area contributed by atoms with Gasteiger partial charge in [0.2, 0.25) is 0 Å². The van der Waals surface area contributed by atoms with Crippen LogP contribution in [0.4, 0.5) is 0 Å². The molecule has 0 aromatic rings. The lowest BCUT2D eigenvalue weighted by Gasteiger charge is -2.41. The molecule has 0 amide bonds. The summed E-state index contributed by atoms with van der Waals surface area (Å²) in [5.41, 5.74) is 0. The second-order valence-corrected chi connectivity index (χ2v) is 19.1. The lowest BCUT2D eigenvalue weighted by Crippen LogP contribution is -2.60. The summed E-state index contributed by atoms with van der Waals surface area (Å²) in [5, 5.41) is 30.8. The monoisotopic (exact) mass is 993 g/mol. The van der Waals surface area contributed by atoms with Crippen molar-refractivity contribution in [2.45, 2.75) is 237 Å². The van der Waals surface area contributed by atoms with Crippen molar-refractivity contribution in [1.29, 1.82) is 0 Å². The number of hydrogen-bond acceptors (Lipinski definition) is 11. The molecule has 0 radical (unpaired) electrons. The second kappa shape index (κ2) is 46.4. The summed E-state index contributed by atoms with van der Waals surface area (Å²) in [6.45, 7) is 3.84. The highest BCUT2D eigenvalue weighted by atomic mass is 32.3. The molecule has 1 rings (SSSR count). The van der Waals surface area contributed by atoms with Crippen LogP contribution in [0.15, 0.2) is 85.1 Å². The zero-order valence-electron chi connectivity index (χ0n) is 42.8. The molecule has 398 valence electrons. The Balaban J connectivity index is 2.35. The van der Waals surface area contributed by atoms with Gasteiger partial charge in [-0.2, -0.15) is 8.42 Å². The molecule has 6 unspecified atom stereocenters. The molecule has 1 heterocycles. The van der Waals surface area contributed by atoms with Gasteiger partial charge in [-0.1, -0.05) is 189 Å². The molecule has 1 aliphatic heterocycles. The van der Waals surface area contributed by atoms with Crippen LogP contribution in [0.2, 0.25) is 0 Å². The van der Waals surface area contributed by atoms with Crippen LogP contribution in [-0.4, -0.2) is 97.5 Å². The van der Waals surface area contributed by atoms with Gasteiger partial charge in [-0.25, -0.2) is 4.18 Å². The maximum Gasteiger partial charge on any atom is 0.397 e. The number of aliphatic hydroxyl groups is 3. The summed E-state index contributed by atoms with van der Waals surface area (Å²) in [6.07, 6.45) is 53.3. The first-order valence-corrected chi connectivity index (χ1v) is 28.2. The average molecular weight is 993 g/mol. The number of ether oxygens (including phenoxy) is 4. The van der Waals surface area contributed by atoms with Gasteiger partial charge in [0.05, 0.1) is 19.8 Å². The fourth-order valence-electron chi connectivity index (χ4n) is 7.73. The van der Waals surface area contributed by atoms with E-state index in [9.17, 15) is 33.1 Å². The molecule has 0 aliphatic carbocycles. The topological polar surface area (TPSA) is 178 Å². The fraction of sp³-hybridized carbons (Fsp3) is 0.732. The first-order valence-electron chi connectivity index (χ1n) is 26.8. The summed E-state index contributed by atoms with van der Waals surface area (Å²) < 4.78 is 59.3. The summed E-state index contributed by atoms with van der Waals surface area (Å²) in [5.74, 6) is -0.414. The molecule has 1 aliphatic rings. The number of rotatable bonds is 46. The van der Waals surface area contributed by atoms with E-state index in [0.29, 0.717) is 13.0 Å². The highest BCUT2D eigenvalue weighted by Crippen LogP contribution is 2.26. The Labute approximate surface area is 419 Å². The van der Waals surface area contributed by atoms with E-state index in [2.05, 4.69) is 103 Å². The predicted molar refractivity (Wildman–Crippen MR) is 280 cm³/mol. The Morgan fingerprint density at radius 1 is 0.565 bits per heavy atom. The van der Waals surface area contributed by atoms with Crippen molar-refractivity contribution in [3.63, 3.8) is 0 Å². The van der Waals surface area contributed by atoms with Crippen LogP contribution in [0.5, 0.6) is 0 Å². The van der Waals surface area contributed by atoms with Gasteiger partial charge in [-0.05, 0) is 89.9 Å². The van der Waals surface area contributed by atoms with E-state index in [-0.39, 0.29) is 19.6 Å². The first-order chi connectivity index (χ1) is 33.6. The minimum Gasteiger partial charge on any atom is -0.457 e. The number of unbranched alkanes of at least 4 members (excludes halogenated alkanes) is 19. The second-order valence-electron chi connectivity index (χ2n) is 18.1. The summed E-state index contributed by atoms with van der Waals surface area (Å²) in [7, 11) is -5.07. The molecule has 69 heavy (non-hydrogen) atoms. The molecule has 12 nitrogen and oxygen atoms in total. The van der Waals surface area contributed by atoms with E-state index >= 15 is 0 Å². The molecule has 4 N–H and O–H groups in total. The highest BCUT2D eigenvalue weighted by Gasteiger charge is 2.48. The van der Waals surface area contributed by atoms with Gasteiger partial charge >= 0.3 is 16.4 Å². The number of carbonyl (C=O) groups excluding carboxylic acids is 1. The Bertz CT molecular complexity index is 1520. The smallest absolute Gasteiger partial charge is 0.397 e. The average Bonchev–Trinajstić information content (AvgIpc) is 3.32. The highest BCUT2D eigenvalue weighted by molar-refractivity contribution is 7.80. The van der Waals surface area contributed by atoms with Crippen molar-refractivity contribution >= 4 is 16.4 Å². The number of hydrogen-bond donors (Lipinski definition) is 4. The zero-order valence-corrected chi connectivity index (χ0v) is 43.7. The summed E-state index contributed by atoms with van der Waals surface area (Å²) >= 11 is 0. The maximum atomic E-state index is 12.9. The summed E-state index contributed by atoms with van der Waals surface area (Å²) in [4.78, 5) is 12.9. The molecular weight excluding hydrogens is 897 g/mol. The number of allylic oxidation sites excluding steroid dienone is 14. The van der Waals surface area contributed by atoms with Crippen LogP contribution in [0.25, 0.3) is 0 Å². The quantitative estimate of drug-likeness (QED) is 0.0197. The molecule has 0 bridgehead atoms. The van der Waals surface area contributed by atoms with Crippen molar-refractivity contribution in [3.05, 3.63) is 85.1 Å². The summed E-state index contributed by atoms with van der Waals surface area (Å²) in [6, 6.07) is 0. The van der Waals surface area contributed by atoms with Crippen LogP contribution >= 0.6 is 0 Å². The van der Waals surface area contributed by atoms with Crippen LogP contribution in [-0.2, 0) is 38.3 Å². The van der Waals surface area contributed by atoms with Crippen LogP contribution in [0, 0.1) is 0 Å². The maximum absolute atomic E-state index is 12.9. The molecule has 0 aromatic carbocycles. The van der Waals surface area contributed by atoms with Crippen molar-refractivity contribution in [3.8, 4) is 0 Å². The lowest BCUT2D eigenvalue weighted by molar-refractivity contribution is -0.301. The van der Waals surface area contributed by atoms with Crippen LogP contribution < -0.4 is 0 Å². The molecular formula is C56H96O12S. The van der Waals surface area contributed by atoms with E-state index in [4.69, 9.17) is 18.9 Å². The minimum atomic E-state index is -5.07. The standard InChI is InChI=1S/C56H96O12S/c1-3-5-7-9-11-13-15-17-19-21-22-23-24-25-26-27-28-29-30-32-34-36-38-40-42-44-46-64-48-50(49-65-56-54(60)55(68-69(61,62)63)53(59)51(47-57)67-56)66-52(58)45-43-41-39-37-35-33-31-20-18-16-14-12-10-8-6-4-2/h5,7,11,13,17,19-20,22-23,25-26,28-29,31,50-51,53-57,59-60H,3-4,6,8-10,12,14-16,18,21,24,27,30,32-49H2,1-2H3,(H,61,62,63)/b7-5-,13-11-,19-17-,23-22-,26-25-,29-28-,31-20-. The fourth-order valence-corrected chi connectivity index (χ4v) is 8.24. The predicted octanol–water partition coefficient (Wildman–Crippen LogP) is 12.8. The van der Waals surface area contributed by atoms with E-state index in [1.165, 1.54) is 64.2 Å². The molecule has 1 saturated heterocycles. The number of esters is 1. The third-order valence-corrected chi connectivity index (χ3v) is 12.2. The van der Waals surface area contributed by atoms with Gasteiger partial charge in [-0.15, -0.1) is 0 Å². The third-order valence-electron chi connectivity index (χ3n) is 11.8. The molecule has 0 saturated carbocycles. The lowest BCUT2D eigenvalue weighted by atomic mass is 9.99. The van der Waals surface area contributed by atoms with Gasteiger partial charge in [0.1, 0.15) is 30.5 Å². The normalized spacial score (nSPS) is 19.9. The van der Waals surface area contributed by atoms with E-state index in [0.717, 1.165) is 109 Å². The van der Waals surface area contributed by atoms with E-state index < -0.39 is 59.8 Å². The SMILES string of the molecule is CC/C=C\C/C=C\C/C=C\C/C=C\C/C=C\C/C=C\CCCCCCCCCOCC(COC1OC(CO)C(O)C(OS(=O)(=O)O)C1O)OC(=O)CCCCCCC/C=C\CCCCCCCCC. The van der Waals surface area contributed by atoms with E-state index in [1.807, 2.05) is 0 Å². The Kier molecular flexibility index (Phi) is 43.2. The Morgan fingerprint density at radius 3 is 1.48 bits per heavy atom. The van der Waals surface area contributed by atoms with Crippen molar-refractivity contribution in [2.24, 2.45) is 0 Å². The van der Waals surface area contributed by atoms with Crippen LogP contribution in [0.1, 0.15) is 200 Å². The number of aliphatic hydroxyl groups excluding tert-OH is 3. The minimum absolute atomic E-state index is 0.0205. The van der Waals surface area contributed by atoms with E-state index in [1.54, 1.807) is 0 Å². The van der Waals surface area contributed by atoms with Gasteiger partial charge in [0.15, 0.2) is 6.29 Å². The molecule has 0 aromatic heterocycles. The molecule has 1 fully saturated rings. The van der Waals surface area contributed by atoms with Gasteiger partial charge < -0.3 is 34.3 Å². The first kappa shape index (κ1) is 64.3.